The van der Waals surface area contributed by atoms with Crippen LogP contribution in [0.1, 0.15) is 21.3 Å². The highest BCUT2D eigenvalue weighted by molar-refractivity contribution is 8.00. The zero-order valence-corrected chi connectivity index (χ0v) is 14.6. The normalized spacial score (nSPS) is 22.0. The summed E-state index contributed by atoms with van der Waals surface area (Å²) >= 11 is 1.64. The maximum absolute atomic E-state index is 12.2. The van der Waals surface area contributed by atoms with Crippen molar-refractivity contribution in [1.29, 1.82) is 0 Å². The Bertz CT molecular complexity index is 587. The van der Waals surface area contributed by atoms with E-state index in [9.17, 15) is 9.59 Å². The van der Waals surface area contributed by atoms with E-state index in [0.717, 1.165) is 45.0 Å². The molecule has 1 atom stereocenters. The van der Waals surface area contributed by atoms with E-state index in [0.29, 0.717) is 11.3 Å². The quantitative estimate of drug-likeness (QED) is 0.748. The second-order valence-electron chi connectivity index (χ2n) is 5.82. The minimum absolute atomic E-state index is 0.0187. The van der Waals surface area contributed by atoms with E-state index >= 15 is 0 Å². The summed E-state index contributed by atoms with van der Waals surface area (Å²) in [6.07, 6.45) is 0. The number of methoxy groups -OCH3 is 1. The van der Waals surface area contributed by atoms with Gasteiger partial charge in [0.15, 0.2) is 0 Å². The monoisotopic (exact) mass is 350 g/mol. The van der Waals surface area contributed by atoms with Gasteiger partial charge in [-0.25, -0.2) is 4.79 Å². The fourth-order valence-corrected chi connectivity index (χ4v) is 4.17. The van der Waals surface area contributed by atoms with Crippen LogP contribution in [0, 0.1) is 0 Å². The predicted molar refractivity (Wildman–Crippen MR) is 92.0 cm³/mol. The molecule has 0 bridgehead atoms. The van der Waals surface area contributed by atoms with Gasteiger partial charge in [-0.05, 0) is 17.7 Å². The van der Waals surface area contributed by atoms with Crippen molar-refractivity contribution < 1.29 is 19.1 Å². The summed E-state index contributed by atoms with van der Waals surface area (Å²) < 4.78 is 10.1. The largest absolute Gasteiger partial charge is 0.465 e. The first-order chi connectivity index (χ1) is 11.7. The molecule has 2 heterocycles. The molecule has 2 aliphatic rings. The molecular formula is C17H22N2O4S. The number of hydrogen-bond donors (Lipinski definition) is 0. The van der Waals surface area contributed by atoms with E-state index in [2.05, 4.69) is 4.90 Å². The Morgan fingerprint density at radius 3 is 2.62 bits per heavy atom. The highest BCUT2D eigenvalue weighted by atomic mass is 32.2. The molecule has 0 unspecified atom stereocenters. The fourth-order valence-electron chi connectivity index (χ4n) is 2.95. The highest BCUT2D eigenvalue weighted by Crippen LogP contribution is 2.38. The molecule has 1 aromatic rings. The van der Waals surface area contributed by atoms with Gasteiger partial charge in [0.2, 0.25) is 5.91 Å². The molecule has 1 amide bonds. The summed E-state index contributed by atoms with van der Waals surface area (Å²) in [5, 5.41) is 0.0187. The topological polar surface area (TPSA) is 59.1 Å². The summed E-state index contributed by atoms with van der Waals surface area (Å²) in [5.41, 5.74) is 1.57. The average Bonchev–Trinajstić information content (AvgIpc) is 3.01. The maximum Gasteiger partial charge on any atom is 0.337 e. The Balaban J connectivity index is 1.64. The SMILES string of the molecule is COC(=O)c1ccc([C@H]2SCC(=O)N2CCN2CCOCC2)cc1. The Morgan fingerprint density at radius 1 is 1.25 bits per heavy atom. The standard InChI is InChI=1S/C17H22N2O4S/c1-22-17(21)14-4-2-13(3-5-14)16-19(15(20)12-24-16)7-6-18-8-10-23-11-9-18/h2-5,16H,6-12H2,1H3/t16-/m1/s1. The van der Waals surface area contributed by atoms with Gasteiger partial charge in [0.1, 0.15) is 5.37 Å². The van der Waals surface area contributed by atoms with Gasteiger partial charge < -0.3 is 14.4 Å². The summed E-state index contributed by atoms with van der Waals surface area (Å²) in [7, 11) is 1.37. The van der Waals surface area contributed by atoms with Crippen LogP contribution in [0.5, 0.6) is 0 Å². The third-order valence-corrected chi connectivity index (χ3v) is 5.60. The predicted octanol–water partition coefficient (Wildman–Crippen LogP) is 1.38. The summed E-state index contributed by atoms with van der Waals surface area (Å²) in [6, 6.07) is 7.32. The summed E-state index contributed by atoms with van der Waals surface area (Å²) in [5.74, 6) is 0.336. The number of benzene rings is 1. The number of nitrogens with zero attached hydrogens (tertiary/aromatic N) is 2. The molecule has 2 saturated heterocycles. The zero-order chi connectivity index (χ0) is 16.9. The van der Waals surface area contributed by atoms with Gasteiger partial charge in [-0.2, -0.15) is 0 Å². The van der Waals surface area contributed by atoms with Crippen LogP contribution in [-0.2, 0) is 14.3 Å². The summed E-state index contributed by atoms with van der Waals surface area (Å²) in [6.45, 7) is 4.96. The number of carbonyl (C=O) groups excluding carboxylic acids is 2. The van der Waals surface area contributed by atoms with Crippen molar-refractivity contribution in [3.63, 3.8) is 0 Å². The molecule has 6 nitrogen and oxygen atoms in total. The number of morpholine rings is 1. The summed E-state index contributed by atoms with van der Waals surface area (Å²) in [4.78, 5) is 28.0. The molecule has 3 rings (SSSR count). The molecule has 7 heteroatoms. The number of esters is 1. The number of ether oxygens (including phenoxy) is 2. The number of hydrogen-bond acceptors (Lipinski definition) is 6. The smallest absolute Gasteiger partial charge is 0.337 e. The number of rotatable bonds is 5. The number of thioether (sulfide) groups is 1. The molecular weight excluding hydrogens is 328 g/mol. The second kappa shape index (κ2) is 8.00. The molecule has 0 N–H and O–H groups in total. The van der Waals surface area contributed by atoms with Gasteiger partial charge in [0.25, 0.3) is 0 Å². The highest BCUT2D eigenvalue weighted by Gasteiger charge is 2.32. The Kier molecular flexibility index (Phi) is 5.76. The van der Waals surface area contributed by atoms with Crippen LogP contribution in [0.25, 0.3) is 0 Å². The Labute approximate surface area is 146 Å². The van der Waals surface area contributed by atoms with Crippen molar-refractivity contribution in [3.05, 3.63) is 35.4 Å². The Morgan fingerprint density at radius 2 is 1.96 bits per heavy atom. The molecule has 130 valence electrons. The van der Waals surface area contributed by atoms with Gasteiger partial charge in [0, 0.05) is 26.2 Å². The fraction of sp³-hybridized carbons (Fsp3) is 0.529. The van der Waals surface area contributed by atoms with Crippen molar-refractivity contribution in [2.24, 2.45) is 0 Å². The lowest BCUT2D eigenvalue weighted by molar-refractivity contribution is -0.128. The maximum atomic E-state index is 12.2. The first-order valence-electron chi connectivity index (χ1n) is 8.08. The van der Waals surface area contributed by atoms with Gasteiger partial charge >= 0.3 is 5.97 Å². The van der Waals surface area contributed by atoms with Gasteiger partial charge in [0.05, 0.1) is 31.6 Å². The molecule has 0 spiro atoms. The van der Waals surface area contributed by atoms with Crippen molar-refractivity contribution in [1.82, 2.24) is 9.80 Å². The number of amides is 1. The molecule has 0 aliphatic carbocycles. The van der Waals surface area contributed by atoms with Crippen LogP contribution in [-0.4, -0.2) is 73.9 Å². The lowest BCUT2D eigenvalue weighted by Gasteiger charge is -2.30. The van der Waals surface area contributed by atoms with E-state index in [-0.39, 0.29) is 17.3 Å². The van der Waals surface area contributed by atoms with Crippen molar-refractivity contribution in [3.8, 4) is 0 Å². The van der Waals surface area contributed by atoms with E-state index < -0.39 is 0 Å². The molecule has 0 aromatic heterocycles. The molecule has 1 aromatic carbocycles. The lowest BCUT2D eigenvalue weighted by atomic mass is 10.1. The second-order valence-corrected chi connectivity index (χ2v) is 6.89. The minimum Gasteiger partial charge on any atom is -0.465 e. The van der Waals surface area contributed by atoms with E-state index in [1.54, 1.807) is 23.9 Å². The minimum atomic E-state index is -0.346. The van der Waals surface area contributed by atoms with Crippen molar-refractivity contribution in [2.45, 2.75) is 5.37 Å². The van der Waals surface area contributed by atoms with Crippen LogP contribution in [0.4, 0.5) is 0 Å². The van der Waals surface area contributed by atoms with Crippen molar-refractivity contribution >= 4 is 23.6 Å². The van der Waals surface area contributed by atoms with Crippen LogP contribution < -0.4 is 0 Å². The zero-order valence-electron chi connectivity index (χ0n) is 13.8. The molecule has 0 radical (unpaired) electrons. The van der Waals surface area contributed by atoms with E-state index in [1.807, 2.05) is 17.0 Å². The van der Waals surface area contributed by atoms with Crippen LogP contribution in [0.15, 0.2) is 24.3 Å². The first kappa shape index (κ1) is 17.3. The lowest BCUT2D eigenvalue weighted by Crippen LogP contribution is -2.42. The van der Waals surface area contributed by atoms with Gasteiger partial charge in [-0.1, -0.05) is 12.1 Å². The average molecular weight is 350 g/mol. The Hall–Kier alpha value is -1.57. The van der Waals surface area contributed by atoms with Crippen LogP contribution in [0.3, 0.4) is 0 Å². The third kappa shape index (κ3) is 3.91. The molecule has 2 aliphatic heterocycles. The first-order valence-corrected chi connectivity index (χ1v) is 9.13. The molecule has 2 fully saturated rings. The number of carbonyl (C=O) groups is 2. The molecule has 0 saturated carbocycles. The van der Waals surface area contributed by atoms with Crippen LogP contribution in [0.2, 0.25) is 0 Å². The van der Waals surface area contributed by atoms with Crippen LogP contribution >= 0.6 is 11.8 Å². The third-order valence-electron chi connectivity index (χ3n) is 4.35. The van der Waals surface area contributed by atoms with Gasteiger partial charge in [-0.3, -0.25) is 9.69 Å². The molecule has 24 heavy (non-hydrogen) atoms. The van der Waals surface area contributed by atoms with E-state index in [1.165, 1.54) is 7.11 Å². The van der Waals surface area contributed by atoms with Crippen molar-refractivity contribution in [2.75, 3.05) is 52.3 Å². The van der Waals surface area contributed by atoms with E-state index in [4.69, 9.17) is 9.47 Å². The van der Waals surface area contributed by atoms with Gasteiger partial charge in [-0.15, -0.1) is 11.8 Å².